The van der Waals surface area contributed by atoms with Crippen molar-refractivity contribution in [2.24, 2.45) is 5.41 Å². The molecule has 0 bridgehead atoms. The highest BCUT2D eigenvalue weighted by Crippen LogP contribution is 2.48. The molecule has 5 nitrogen and oxygen atoms in total. The summed E-state index contributed by atoms with van der Waals surface area (Å²) < 4.78 is 13.0. The van der Waals surface area contributed by atoms with Gasteiger partial charge in [0.25, 0.3) is 0 Å². The van der Waals surface area contributed by atoms with Crippen LogP contribution in [0.25, 0.3) is 55.7 Å². The van der Waals surface area contributed by atoms with Crippen LogP contribution in [0.15, 0.2) is 132 Å². The molecule has 0 saturated carbocycles. The van der Waals surface area contributed by atoms with E-state index in [1.54, 1.807) is 6.20 Å². The fourth-order valence-corrected chi connectivity index (χ4v) is 9.19. The lowest BCUT2D eigenvalue weighted by atomic mass is 9.82. The van der Waals surface area contributed by atoms with Gasteiger partial charge in [0.15, 0.2) is 5.58 Å². The molecule has 4 aromatic carbocycles. The summed E-state index contributed by atoms with van der Waals surface area (Å²) >= 11 is 0. The minimum absolute atomic E-state index is 0.223. The van der Waals surface area contributed by atoms with Gasteiger partial charge in [0.1, 0.15) is 5.75 Å². The SMILES string of the molecule is CC(C)c1cccc(C(C)C)c1-c1cc(Oc2cccc(-c3cc4c(cn3)oc3nc5c(cc34)CC3(Cc4ccccc4C3)C5)n2)cc(-c2ccccc2)c1. The van der Waals surface area contributed by atoms with Gasteiger partial charge in [-0.2, -0.15) is 0 Å². The lowest BCUT2D eigenvalue weighted by Crippen LogP contribution is -2.21. The highest BCUT2D eigenvalue weighted by atomic mass is 16.5. The molecular weight excluding hydrogens is 675 g/mol. The smallest absolute Gasteiger partial charge is 0.227 e. The molecule has 4 aromatic heterocycles. The molecule has 0 unspecified atom stereocenters. The van der Waals surface area contributed by atoms with Gasteiger partial charge in [0.05, 0.1) is 17.6 Å². The zero-order valence-corrected chi connectivity index (χ0v) is 31.8. The molecule has 0 amide bonds. The second kappa shape index (κ2) is 13.1. The van der Waals surface area contributed by atoms with Gasteiger partial charge < -0.3 is 9.15 Å². The van der Waals surface area contributed by atoms with E-state index in [2.05, 4.69) is 131 Å². The molecule has 0 saturated heterocycles. The Hall–Kier alpha value is -6.07. The van der Waals surface area contributed by atoms with Crippen LogP contribution in [0, 0.1) is 5.41 Å². The van der Waals surface area contributed by atoms with E-state index in [0.717, 1.165) is 75.9 Å². The molecule has 10 rings (SSSR count). The number of fused-ring (bicyclic) bond motifs is 5. The molecule has 0 fully saturated rings. The molecule has 0 aliphatic heterocycles. The Morgan fingerprint density at radius 1 is 0.582 bits per heavy atom. The highest BCUT2D eigenvalue weighted by Gasteiger charge is 2.43. The lowest BCUT2D eigenvalue weighted by molar-refractivity contribution is 0.325. The summed E-state index contributed by atoms with van der Waals surface area (Å²) in [7, 11) is 0. The maximum Gasteiger partial charge on any atom is 0.227 e. The number of furan rings is 1. The molecule has 2 aliphatic rings. The summed E-state index contributed by atoms with van der Waals surface area (Å²) in [6, 6.07) is 43.0. The Labute approximate surface area is 322 Å². The third-order valence-electron chi connectivity index (χ3n) is 11.8. The molecule has 0 N–H and O–H groups in total. The first-order chi connectivity index (χ1) is 26.8. The van der Waals surface area contributed by atoms with Gasteiger partial charge >= 0.3 is 0 Å². The Morgan fingerprint density at radius 2 is 1.27 bits per heavy atom. The van der Waals surface area contributed by atoms with Crippen LogP contribution >= 0.6 is 0 Å². The molecule has 8 aromatic rings. The van der Waals surface area contributed by atoms with Crippen molar-refractivity contribution in [3.05, 3.63) is 161 Å². The van der Waals surface area contributed by atoms with Gasteiger partial charge in [-0.1, -0.05) is 107 Å². The molecule has 0 atom stereocenters. The summed E-state index contributed by atoms with van der Waals surface area (Å²) in [5, 5.41) is 2.04. The van der Waals surface area contributed by atoms with Gasteiger partial charge in [-0.3, -0.25) is 4.98 Å². The number of ether oxygens (including phenoxy) is 1. The molecule has 55 heavy (non-hydrogen) atoms. The fraction of sp³-hybridized carbons (Fsp3) is 0.220. The quantitative estimate of drug-likeness (QED) is 0.164. The first-order valence-corrected chi connectivity index (χ1v) is 19.6. The first kappa shape index (κ1) is 33.5. The van der Waals surface area contributed by atoms with Gasteiger partial charge in [-0.15, -0.1) is 0 Å². The van der Waals surface area contributed by atoms with E-state index in [4.69, 9.17) is 24.1 Å². The van der Waals surface area contributed by atoms with Crippen LogP contribution in [0.1, 0.15) is 73.0 Å². The van der Waals surface area contributed by atoms with Gasteiger partial charge in [-0.25, -0.2) is 9.97 Å². The van der Waals surface area contributed by atoms with Crippen LogP contribution < -0.4 is 4.74 Å². The summed E-state index contributed by atoms with van der Waals surface area (Å²) in [5.74, 6) is 1.98. The maximum absolute atomic E-state index is 6.66. The van der Waals surface area contributed by atoms with Crippen molar-refractivity contribution in [2.75, 3.05) is 0 Å². The van der Waals surface area contributed by atoms with E-state index in [1.807, 2.05) is 18.2 Å². The standard InChI is InChI=1S/C50H43N3O2/c1-30(2)39-16-10-17-40(31(3)4)48(39)36-20-35(32-12-6-5-7-13-32)21-38(22-36)54-47-19-11-18-43(52-47)44-24-41-42-23-37-27-50(25-33-14-8-9-15-34(33)26-50)28-45(37)53-49(42)55-46(41)29-51-44/h5-24,29-31H,25-28H2,1-4H3. The van der Waals surface area contributed by atoms with Gasteiger partial charge in [0, 0.05) is 22.5 Å². The average molecular weight is 718 g/mol. The van der Waals surface area contributed by atoms with Crippen molar-refractivity contribution in [3.8, 4) is 45.3 Å². The van der Waals surface area contributed by atoms with E-state index in [9.17, 15) is 0 Å². The largest absolute Gasteiger partial charge is 0.439 e. The van der Waals surface area contributed by atoms with Gasteiger partial charge in [0.2, 0.25) is 11.6 Å². The van der Waals surface area contributed by atoms with Crippen LogP contribution in [-0.2, 0) is 25.7 Å². The summed E-state index contributed by atoms with van der Waals surface area (Å²) in [4.78, 5) is 14.9. The van der Waals surface area contributed by atoms with Crippen LogP contribution in [0.5, 0.6) is 11.6 Å². The third-order valence-corrected chi connectivity index (χ3v) is 11.8. The molecule has 2 aliphatic carbocycles. The third kappa shape index (κ3) is 5.99. The maximum atomic E-state index is 6.66. The number of hydrogen-bond acceptors (Lipinski definition) is 5. The van der Waals surface area contributed by atoms with Crippen LogP contribution in [0.2, 0.25) is 0 Å². The predicted octanol–water partition coefficient (Wildman–Crippen LogP) is 12.7. The Bertz CT molecular complexity index is 2710. The van der Waals surface area contributed by atoms with Crippen LogP contribution in [-0.4, -0.2) is 15.0 Å². The zero-order valence-electron chi connectivity index (χ0n) is 31.8. The molecular formula is C50H43N3O2. The van der Waals surface area contributed by atoms with Crippen molar-refractivity contribution in [1.82, 2.24) is 15.0 Å². The second-order valence-corrected chi connectivity index (χ2v) is 16.3. The van der Waals surface area contributed by atoms with E-state index < -0.39 is 0 Å². The first-order valence-electron chi connectivity index (χ1n) is 19.6. The number of rotatable bonds is 7. The number of aromatic nitrogens is 3. The van der Waals surface area contributed by atoms with Crippen molar-refractivity contribution >= 4 is 22.1 Å². The van der Waals surface area contributed by atoms with E-state index >= 15 is 0 Å². The van der Waals surface area contributed by atoms with Crippen molar-refractivity contribution in [3.63, 3.8) is 0 Å². The van der Waals surface area contributed by atoms with Crippen molar-refractivity contribution in [2.45, 2.75) is 65.2 Å². The number of benzene rings is 4. The van der Waals surface area contributed by atoms with E-state index in [0.29, 0.717) is 23.4 Å². The summed E-state index contributed by atoms with van der Waals surface area (Å²) in [5.41, 5.74) is 15.9. The molecule has 5 heteroatoms. The monoisotopic (exact) mass is 717 g/mol. The highest BCUT2D eigenvalue weighted by molar-refractivity contribution is 6.04. The Morgan fingerprint density at radius 3 is 2.02 bits per heavy atom. The molecule has 1 spiro atoms. The topological polar surface area (TPSA) is 61.0 Å². The predicted molar refractivity (Wildman–Crippen MR) is 222 cm³/mol. The summed E-state index contributed by atoms with van der Waals surface area (Å²) in [6.45, 7) is 9.06. The minimum Gasteiger partial charge on any atom is -0.439 e. The molecule has 270 valence electrons. The number of pyridine rings is 3. The Kier molecular flexibility index (Phi) is 7.95. The summed E-state index contributed by atoms with van der Waals surface area (Å²) in [6.07, 6.45) is 6.06. The fourth-order valence-electron chi connectivity index (χ4n) is 9.19. The van der Waals surface area contributed by atoms with E-state index in [-0.39, 0.29) is 5.41 Å². The number of nitrogens with zero attached hydrogens (tertiary/aromatic N) is 3. The minimum atomic E-state index is 0.223. The normalized spacial score (nSPS) is 14.4. The van der Waals surface area contributed by atoms with Crippen LogP contribution in [0.3, 0.4) is 0 Å². The average Bonchev–Trinajstić information content (AvgIpc) is 3.86. The zero-order chi connectivity index (χ0) is 37.3. The number of hydrogen-bond donors (Lipinski definition) is 0. The second-order valence-electron chi connectivity index (χ2n) is 16.3. The van der Waals surface area contributed by atoms with Crippen LogP contribution in [0.4, 0.5) is 0 Å². The van der Waals surface area contributed by atoms with Crippen molar-refractivity contribution < 1.29 is 9.15 Å². The lowest BCUT2D eigenvalue weighted by Gasteiger charge is -2.21. The van der Waals surface area contributed by atoms with E-state index in [1.165, 1.54) is 39.1 Å². The van der Waals surface area contributed by atoms with Gasteiger partial charge in [-0.05, 0) is 129 Å². The molecule has 4 heterocycles. The Balaban J connectivity index is 0.997. The van der Waals surface area contributed by atoms with Crippen molar-refractivity contribution in [1.29, 1.82) is 0 Å². The molecule has 0 radical (unpaired) electrons.